The van der Waals surface area contributed by atoms with Crippen molar-refractivity contribution in [3.8, 4) is 5.75 Å². The third kappa shape index (κ3) is 3.09. The Bertz CT molecular complexity index is 613. The van der Waals surface area contributed by atoms with Gasteiger partial charge in [-0.3, -0.25) is 4.79 Å². The molecule has 2 fully saturated rings. The number of hydrogen-bond donors (Lipinski definition) is 2. The van der Waals surface area contributed by atoms with Gasteiger partial charge in [0, 0.05) is 0 Å². The Hall–Kier alpha value is -2.12. The summed E-state index contributed by atoms with van der Waals surface area (Å²) in [4.78, 5) is 27.7. The summed E-state index contributed by atoms with van der Waals surface area (Å²) < 4.78 is 10.8. The lowest BCUT2D eigenvalue weighted by molar-refractivity contribution is -0.915. The Morgan fingerprint density at radius 1 is 1.25 bits per heavy atom. The minimum atomic E-state index is -1.03. The number of quaternary nitrogens is 1. The first kappa shape index (κ1) is 16.7. The molecule has 3 amide bonds. The van der Waals surface area contributed by atoms with Crippen LogP contribution in [0.2, 0.25) is 0 Å². The molecule has 1 aromatic rings. The Kier molecular flexibility index (Phi) is 4.73. The van der Waals surface area contributed by atoms with E-state index in [1.807, 2.05) is 31.2 Å². The van der Waals surface area contributed by atoms with Gasteiger partial charge in [-0.2, -0.15) is 0 Å². The molecule has 1 atom stereocenters. The van der Waals surface area contributed by atoms with E-state index in [1.54, 1.807) is 6.92 Å². The summed E-state index contributed by atoms with van der Waals surface area (Å²) in [6, 6.07) is 6.96. The predicted molar refractivity (Wildman–Crippen MR) is 86.7 cm³/mol. The van der Waals surface area contributed by atoms with Crippen molar-refractivity contribution in [2.45, 2.75) is 19.4 Å². The van der Waals surface area contributed by atoms with Gasteiger partial charge in [0.1, 0.15) is 24.4 Å². The van der Waals surface area contributed by atoms with Crippen LogP contribution >= 0.6 is 0 Å². The Morgan fingerprint density at radius 2 is 1.92 bits per heavy atom. The number of amides is 3. The van der Waals surface area contributed by atoms with Crippen molar-refractivity contribution in [2.75, 3.05) is 39.6 Å². The van der Waals surface area contributed by atoms with Gasteiger partial charge in [-0.15, -0.1) is 0 Å². The Balaban J connectivity index is 1.75. The number of carbonyl (C=O) groups is 2. The number of rotatable bonds is 5. The molecular formula is C17H24N3O4+. The number of imide groups is 1. The van der Waals surface area contributed by atoms with Gasteiger partial charge in [0.25, 0.3) is 5.91 Å². The largest absolute Gasteiger partial charge is 0.494 e. The van der Waals surface area contributed by atoms with Crippen LogP contribution in [-0.2, 0) is 15.1 Å². The number of ether oxygens (including phenoxy) is 2. The SMILES string of the molecule is CCOc1ccc([C@@]2(C)NC(=O)N(C[NH+]3CCOCC3)C2=O)cc1. The van der Waals surface area contributed by atoms with Crippen LogP contribution in [-0.4, -0.2) is 56.4 Å². The van der Waals surface area contributed by atoms with Gasteiger partial charge < -0.3 is 19.7 Å². The van der Waals surface area contributed by atoms with E-state index in [1.165, 1.54) is 9.80 Å². The van der Waals surface area contributed by atoms with Gasteiger partial charge in [-0.25, -0.2) is 9.69 Å². The molecule has 0 saturated carbocycles. The lowest BCUT2D eigenvalue weighted by atomic mass is 9.92. The van der Waals surface area contributed by atoms with Gasteiger partial charge in [-0.1, -0.05) is 12.1 Å². The van der Waals surface area contributed by atoms with Gasteiger partial charge in [0.05, 0.1) is 19.8 Å². The molecule has 0 aliphatic carbocycles. The molecule has 2 aliphatic rings. The standard InChI is InChI=1S/C17H23N3O4/c1-3-24-14-6-4-13(5-7-14)17(2)15(21)20(16(22)18-17)12-19-8-10-23-11-9-19/h4-7H,3,8-12H2,1-2H3,(H,18,22)/p+1/t17-/m1/s1. The fourth-order valence-corrected chi connectivity index (χ4v) is 3.13. The first-order valence-electron chi connectivity index (χ1n) is 8.33. The van der Waals surface area contributed by atoms with E-state index >= 15 is 0 Å². The third-order valence-electron chi connectivity index (χ3n) is 4.60. The third-order valence-corrected chi connectivity index (χ3v) is 4.60. The number of nitrogens with one attached hydrogen (secondary N) is 2. The van der Waals surface area contributed by atoms with E-state index in [-0.39, 0.29) is 11.9 Å². The molecule has 0 unspecified atom stereocenters. The van der Waals surface area contributed by atoms with Crippen molar-refractivity contribution in [1.29, 1.82) is 0 Å². The lowest BCUT2D eigenvalue weighted by Gasteiger charge is -2.27. The molecule has 3 rings (SSSR count). The molecule has 0 spiro atoms. The van der Waals surface area contributed by atoms with E-state index in [4.69, 9.17) is 9.47 Å². The van der Waals surface area contributed by atoms with Crippen LogP contribution in [0.4, 0.5) is 4.79 Å². The zero-order chi connectivity index (χ0) is 17.2. The van der Waals surface area contributed by atoms with Crippen molar-refractivity contribution >= 4 is 11.9 Å². The highest BCUT2D eigenvalue weighted by Gasteiger charge is 2.50. The van der Waals surface area contributed by atoms with Crippen LogP contribution in [0.5, 0.6) is 5.75 Å². The molecule has 2 N–H and O–H groups in total. The number of carbonyl (C=O) groups excluding carboxylic acids is 2. The van der Waals surface area contributed by atoms with Crippen molar-refractivity contribution in [2.24, 2.45) is 0 Å². The normalized spacial score (nSPS) is 25.0. The van der Waals surface area contributed by atoms with Crippen molar-refractivity contribution in [1.82, 2.24) is 10.2 Å². The van der Waals surface area contributed by atoms with Crippen LogP contribution in [0.15, 0.2) is 24.3 Å². The van der Waals surface area contributed by atoms with E-state index in [0.717, 1.165) is 24.4 Å². The summed E-state index contributed by atoms with van der Waals surface area (Å²) in [6.07, 6.45) is 0. The monoisotopic (exact) mass is 334 g/mol. The predicted octanol–water partition coefficient (Wildman–Crippen LogP) is -0.275. The van der Waals surface area contributed by atoms with Crippen molar-refractivity contribution < 1.29 is 24.0 Å². The van der Waals surface area contributed by atoms with Crippen LogP contribution in [0.3, 0.4) is 0 Å². The smallest absolute Gasteiger partial charge is 0.329 e. The van der Waals surface area contributed by atoms with Gasteiger partial charge in [-0.05, 0) is 31.5 Å². The van der Waals surface area contributed by atoms with Crippen LogP contribution in [0, 0.1) is 0 Å². The number of benzene rings is 1. The average molecular weight is 334 g/mol. The molecule has 2 aliphatic heterocycles. The molecule has 0 radical (unpaired) electrons. The summed E-state index contributed by atoms with van der Waals surface area (Å²) in [5.41, 5.74) is -0.281. The number of nitrogens with zero attached hydrogens (tertiary/aromatic N) is 1. The fraction of sp³-hybridized carbons (Fsp3) is 0.529. The number of hydrogen-bond acceptors (Lipinski definition) is 4. The molecule has 2 heterocycles. The molecule has 7 heteroatoms. The highest BCUT2D eigenvalue weighted by molar-refractivity contribution is 6.07. The second-order valence-corrected chi connectivity index (χ2v) is 6.27. The molecule has 0 aromatic heterocycles. The van der Waals surface area contributed by atoms with Gasteiger partial charge >= 0.3 is 6.03 Å². The minimum Gasteiger partial charge on any atom is -0.494 e. The summed E-state index contributed by atoms with van der Waals surface area (Å²) in [5, 5.41) is 2.84. The van der Waals surface area contributed by atoms with Crippen molar-refractivity contribution in [3.05, 3.63) is 29.8 Å². The quantitative estimate of drug-likeness (QED) is 0.727. The maximum atomic E-state index is 12.9. The minimum absolute atomic E-state index is 0.212. The maximum absolute atomic E-state index is 12.9. The zero-order valence-corrected chi connectivity index (χ0v) is 14.1. The molecule has 2 saturated heterocycles. The van der Waals surface area contributed by atoms with Crippen molar-refractivity contribution in [3.63, 3.8) is 0 Å². The van der Waals surface area contributed by atoms with Crippen LogP contribution < -0.4 is 15.0 Å². The topological polar surface area (TPSA) is 72.3 Å². The summed E-state index contributed by atoms with van der Waals surface area (Å²) in [5.74, 6) is 0.534. The molecule has 1 aromatic carbocycles. The second-order valence-electron chi connectivity index (χ2n) is 6.27. The lowest BCUT2D eigenvalue weighted by Crippen LogP contribution is -3.15. The molecule has 0 bridgehead atoms. The van der Waals surface area contributed by atoms with E-state index < -0.39 is 5.54 Å². The molecular weight excluding hydrogens is 310 g/mol. The van der Waals surface area contributed by atoms with Crippen LogP contribution in [0.25, 0.3) is 0 Å². The van der Waals surface area contributed by atoms with E-state index in [9.17, 15) is 9.59 Å². The van der Waals surface area contributed by atoms with Crippen LogP contribution in [0.1, 0.15) is 19.4 Å². The maximum Gasteiger partial charge on any atom is 0.329 e. The van der Waals surface area contributed by atoms with E-state index in [0.29, 0.717) is 26.5 Å². The van der Waals surface area contributed by atoms with Gasteiger partial charge in [0.2, 0.25) is 0 Å². The number of morpholine rings is 1. The second kappa shape index (κ2) is 6.78. The highest BCUT2D eigenvalue weighted by Crippen LogP contribution is 2.29. The van der Waals surface area contributed by atoms with Gasteiger partial charge in [0.15, 0.2) is 6.67 Å². The average Bonchev–Trinajstić information content (AvgIpc) is 2.81. The fourth-order valence-electron chi connectivity index (χ4n) is 3.13. The van der Waals surface area contributed by atoms with E-state index in [2.05, 4.69) is 5.32 Å². The summed E-state index contributed by atoms with van der Waals surface area (Å²) in [7, 11) is 0. The zero-order valence-electron chi connectivity index (χ0n) is 14.1. The number of urea groups is 1. The Labute approximate surface area is 141 Å². The first-order valence-corrected chi connectivity index (χ1v) is 8.33. The summed E-state index contributed by atoms with van der Waals surface area (Å²) in [6.45, 7) is 7.56. The summed E-state index contributed by atoms with van der Waals surface area (Å²) >= 11 is 0. The highest BCUT2D eigenvalue weighted by atomic mass is 16.5. The Morgan fingerprint density at radius 3 is 2.54 bits per heavy atom. The molecule has 130 valence electrons. The first-order chi connectivity index (χ1) is 11.5. The molecule has 24 heavy (non-hydrogen) atoms. The molecule has 7 nitrogen and oxygen atoms in total.